The smallest absolute Gasteiger partial charge is 0.118 e. The summed E-state index contributed by atoms with van der Waals surface area (Å²) in [5, 5.41) is 3.12. The molecule has 0 atom stereocenters. The van der Waals surface area contributed by atoms with Gasteiger partial charge < -0.3 is 9.73 Å². The summed E-state index contributed by atoms with van der Waals surface area (Å²) in [4.78, 5) is 2.54. The number of hydrogen-bond donors (Lipinski definition) is 1. The van der Waals surface area contributed by atoms with E-state index < -0.39 is 0 Å². The van der Waals surface area contributed by atoms with Gasteiger partial charge >= 0.3 is 0 Å². The molecule has 3 nitrogen and oxygen atoms in total. The molecule has 0 amide bonds. The minimum absolute atomic E-state index is 0.816. The minimum Gasteiger partial charge on any atom is -0.465 e. The van der Waals surface area contributed by atoms with Crippen molar-refractivity contribution in [2.75, 3.05) is 13.6 Å². The molecule has 1 fully saturated rings. The molecule has 1 heterocycles. The Bertz CT molecular complexity index is 342. The van der Waals surface area contributed by atoms with E-state index in [1.807, 2.05) is 7.05 Å². The first kappa shape index (κ1) is 11.7. The van der Waals surface area contributed by atoms with E-state index in [0.717, 1.165) is 37.2 Å². The maximum atomic E-state index is 5.71. The van der Waals surface area contributed by atoms with Gasteiger partial charge in [0, 0.05) is 18.2 Å². The Morgan fingerprint density at radius 2 is 2.25 bits per heavy atom. The van der Waals surface area contributed by atoms with Crippen LogP contribution in [-0.4, -0.2) is 24.5 Å². The number of nitrogens with one attached hydrogen (secondary N) is 1. The molecule has 1 saturated carbocycles. The Balaban J connectivity index is 2.01. The third-order valence-electron chi connectivity index (χ3n) is 3.27. The summed E-state index contributed by atoms with van der Waals surface area (Å²) >= 11 is 0. The van der Waals surface area contributed by atoms with E-state index in [1.54, 1.807) is 0 Å². The molecular formula is C13H22N2O. The molecule has 0 aromatic carbocycles. The number of nitrogens with zero attached hydrogens (tertiary/aromatic N) is 1. The van der Waals surface area contributed by atoms with E-state index in [9.17, 15) is 0 Å². The van der Waals surface area contributed by atoms with E-state index in [4.69, 9.17) is 4.42 Å². The predicted molar refractivity (Wildman–Crippen MR) is 65.3 cm³/mol. The second-order valence-corrected chi connectivity index (χ2v) is 4.62. The lowest BCUT2D eigenvalue weighted by Crippen LogP contribution is -2.25. The van der Waals surface area contributed by atoms with Crippen molar-refractivity contribution in [1.29, 1.82) is 0 Å². The first-order valence-electron chi connectivity index (χ1n) is 6.21. The van der Waals surface area contributed by atoms with Crippen molar-refractivity contribution in [3.8, 4) is 0 Å². The topological polar surface area (TPSA) is 28.4 Å². The van der Waals surface area contributed by atoms with E-state index in [1.165, 1.54) is 18.4 Å². The molecule has 0 unspecified atom stereocenters. The molecule has 90 valence electrons. The number of aryl methyl sites for hydroxylation is 1. The monoisotopic (exact) mass is 222 g/mol. The van der Waals surface area contributed by atoms with Gasteiger partial charge in [-0.2, -0.15) is 0 Å². The van der Waals surface area contributed by atoms with Gasteiger partial charge in [-0.3, -0.25) is 4.90 Å². The Morgan fingerprint density at radius 3 is 2.81 bits per heavy atom. The lowest BCUT2D eigenvalue weighted by Gasteiger charge is -2.18. The van der Waals surface area contributed by atoms with E-state index >= 15 is 0 Å². The van der Waals surface area contributed by atoms with Crippen molar-refractivity contribution in [2.24, 2.45) is 0 Å². The molecule has 1 N–H and O–H groups in total. The van der Waals surface area contributed by atoms with Crippen molar-refractivity contribution in [3.63, 3.8) is 0 Å². The highest BCUT2D eigenvalue weighted by Crippen LogP contribution is 2.29. The standard InChI is InChI=1S/C13H22N2O/c1-4-15(12-5-6-12)9-11-7-13(8-14-3)16-10(11)2/h7,12,14H,4-6,8-9H2,1-3H3. The highest BCUT2D eigenvalue weighted by Gasteiger charge is 2.28. The quantitative estimate of drug-likeness (QED) is 0.800. The predicted octanol–water partition coefficient (Wildman–Crippen LogP) is 2.29. The van der Waals surface area contributed by atoms with Crippen molar-refractivity contribution >= 4 is 0 Å². The van der Waals surface area contributed by atoms with Gasteiger partial charge in [-0.1, -0.05) is 6.92 Å². The Morgan fingerprint density at radius 1 is 1.50 bits per heavy atom. The summed E-state index contributed by atoms with van der Waals surface area (Å²) in [6.45, 7) is 7.30. The molecule has 0 radical (unpaired) electrons. The normalized spacial score (nSPS) is 16.0. The van der Waals surface area contributed by atoms with Gasteiger partial charge in [0.1, 0.15) is 11.5 Å². The second kappa shape index (κ2) is 5.02. The third-order valence-corrected chi connectivity index (χ3v) is 3.27. The van der Waals surface area contributed by atoms with Gasteiger partial charge in [0.2, 0.25) is 0 Å². The fourth-order valence-electron chi connectivity index (χ4n) is 2.16. The van der Waals surface area contributed by atoms with Gasteiger partial charge in [0.15, 0.2) is 0 Å². The first-order valence-corrected chi connectivity index (χ1v) is 6.21. The van der Waals surface area contributed by atoms with Crippen LogP contribution >= 0.6 is 0 Å². The van der Waals surface area contributed by atoms with Gasteiger partial charge in [-0.15, -0.1) is 0 Å². The second-order valence-electron chi connectivity index (χ2n) is 4.62. The Kier molecular flexibility index (Phi) is 3.66. The van der Waals surface area contributed by atoms with Crippen LogP contribution in [0.25, 0.3) is 0 Å². The third kappa shape index (κ3) is 2.66. The highest BCUT2D eigenvalue weighted by atomic mass is 16.3. The highest BCUT2D eigenvalue weighted by molar-refractivity contribution is 5.21. The summed E-state index contributed by atoms with van der Waals surface area (Å²) in [5.74, 6) is 2.12. The lowest BCUT2D eigenvalue weighted by atomic mass is 10.2. The molecule has 1 aliphatic rings. The largest absolute Gasteiger partial charge is 0.465 e. The van der Waals surface area contributed by atoms with Gasteiger partial charge in [-0.05, 0) is 39.4 Å². The van der Waals surface area contributed by atoms with Crippen molar-refractivity contribution in [1.82, 2.24) is 10.2 Å². The average Bonchev–Trinajstić information content (AvgIpc) is 3.03. The maximum absolute atomic E-state index is 5.71. The minimum atomic E-state index is 0.816. The SMILES string of the molecule is CCN(Cc1cc(CNC)oc1C)C1CC1. The van der Waals surface area contributed by atoms with Gasteiger partial charge in [0.25, 0.3) is 0 Å². The Hall–Kier alpha value is -0.800. The zero-order valence-electron chi connectivity index (χ0n) is 10.5. The van der Waals surface area contributed by atoms with Crippen molar-refractivity contribution in [2.45, 2.75) is 45.8 Å². The summed E-state index contributed by atoms with van der Waals surface area (Å²) in [6.07, 6.45) is 2.74. The fraction of sp³-hybridized carbons (Fsp3) is 0.692. The Labute approximate surface area is 97.8 Å². The molecule has 0 aliphatic heterocycles. The van der Waals surface area contributed by atoms with Crippen LogP contribution < -0.4 is 5.32 Å². The lowest BCUT2D eigenvalue weighted by molar-refractivity contribution is 0.267. The van der Waals surface area contributed by atoms with Crippen LogP contribution in [0.15, 0.2) is 10.5 Å². The van der Waals surface area contributed by atoms with Crippen molar-refractivity contribution < 1.29 is 4.42 Å². The van der Waals surface area contributed by atoms with E-state index in [2.05, 4.69) is 30.1 Å². The molecule has 0 spiro atoms. The summed E-state index contributed by atoms with van der Waals surface area (Å²) in [6, 6.07) is 3.02. The molecule has 2 rings (SSSR count). The average molecular weight is 222 g/mol. The van der Waals surface area contributed by atoms with Crippen LogP contribution in [0.4, 0.5) is 0 Å². The van der Waals surface area contributed by atoms with Crippen LogP contribution in [-0.2, 0) is 13.1 Å². The molecule has 1 aromatic rings. The van der Waals surface area contributed by atoms with E-state index in [0.29, 0.717) is 0 Å². The zero-order valence-corrected chi connectivity index (χ0v) is 10.5. The first-order chi connectivity index (χ1) is 7.74. The summed E-state index contributed by atoms with van der Waals surface area (Å²) in [5.41, 5.74) is 1.35. The molecular weight excluding hydrogens is 200 g/mol. The van der Waals surface area contributed by atoms with Gasteiger partial charge in [-0.25, -0.2) is 0 Å². The fourth-order valence-corrected chi connectivity index (χ4v) is 2.16. The molecule has 0 bridgehead atoms. The summed E-state index contributed by atoms with van der Waals surface area (Å²) < 4.78 is 5.71. The molecule has 3 heteroatoms. The zero-order chi connectivity index (χ0) is 11.5. The molecule has 0 saturated heterocycles. The number of hydrogen-bond acceptors (Lipinski definition) is 3. The molecule has 1 aromatic heterocycles. The van der Waals surface area contributed by atoms with Crippen LogP contribution in [0.1, 0.15) is 36.8 Å². The van der Waals surface area contributed by atoms with E-state index in [-0.39, 0.29) is 0 Å². The molecule has 1 aliphatic carbocycles. The molecule has 16 heavy (non-hydrogen) atoms. The van der Waals surface area contributed by atoms with Gasteiger partial charge in [0.05, 0.1) is 6.54 Å². The maximum Gasteiger partial charge on any atom is 0.118 e. The number of rotatable bonds is 6. The van der Waals surface area contributed by atoms with Crippen LogP contribution in [0.3, 0.4) is 0 Å². The van der Waals surface area contributed by atoms with Crippen molar-refractivity contribution in [3.05, 3.63) is 23.2 Å². The number of furan rings is 1. The van der Waals surface area contributed by atoms with Crippen LogP contribution in [0.5, 0.6) is 0 Å². The summed E-state index contributed by atoms with van der Waals surface area (Å²) in [7, 11) is 1.94. The van der Waals surface area contributed by atoms with Crippen LogP contribution in [0.2, 0.25) is 0 Å². The van der Waals surface area contributed by atoms with Crippen LogP contribution in [0, 0.1) is 6.92 Å².